The topological polar surface area (TPSA) is 57.7 Å². The maximum absolute atomic E-state index is 11.8. The smallest absolute Gasteiger partial charge is 0.268 e. The van der Waals surface area contributed by atoms with E-state index in [0.29, 0.717) is 0 Å². The molecule has 1 aliphatic rings. The van der Waals surface area contributed by atoms with Gasteiger partial charge in [0.05, 0.1) is 0 Å². The summed E-state index contributed by atoms with van der Waals surface area (Å²) in [5.41, 5.74) is 0.0931. The fraction of sp³-hybridized carbons (Fsp3) is 0.583. The second-order valence-electron chi connectivity index (χ2n) is 4.36. The van der Waals surface area contributed by atoms with Crippen molar-refractivity contribution in [3.8, 4) is 0 Å². The third-order valence-electron chi connectivity index (χ3n) is 2.84. The van der Waals surface area contributed by atoms with E-state index in [-0.39, 0.29) is 11.5 Å². The summed E-state index contributed by atoms with van der Waals surface area (Å²) < 4.78 is 0. The van der Waals surface area contributed by atoms with Gasteiger partial charge in [0.25, 0.3) is 11.8 Å². The molecule has 0 spiro atoms. The van der Waals surface area contributed by atoms with Crippen LogP contribution in [0.2, 0.25) is 0 Å². The lowest BCUT2D eigenvalue weighted by Crippen LogP contribution is -2.53. The molecule has 0 radical (unpaired) electrons. The molecule has 5 heteroatoms. The zero-order valence-corrected chi connectivity index (χ0v) is 10.7. The standard InChI is InChI=1S/C12H18N2O3/c1-5-6-8(2)7-9-10(15)13(3)12(17)14(4)11(9)16/h7-8H,5-6H2,1-4H3. The fourth-order valence-electron chi connectivity index (χ4n) is 1.82. The second-order valence-corrected chi connectivity index (χ2v) is 4.36. The molecule has 1 heterocycles. The molecule has 1 saturated heterocycles. The molecular formula is C12H18N2O3. The van der Waals surface area contributed by atoms with Gasteiger partial charge in [0.1, 0.15) is 5.57 Å². The van der Waals surface area contributed by atoms with Crippen molar-refractivity contribution in [3.63, 3.8) is 0 Å². The predicted molar refractivity (Wildman–Crippen MR) is 63.1 cm³/mol. The van der Waals surface area contributed by atoms with Gasteiger partial charge in [-0.25, -0.2) is 4.79 Å². The molecule has 1 fully saturated rings. The van der Waals surface area contributed by atoms with Gasteiger partial charge in [0.2, 0.25) is 0 Å². The summed E-state index contributed by atoms with van der Waals surface area (Å²) in [7, 11) is 2.76. The van der Waals surface area contributed by atoms with Gasteiger partial charge < -0.3 is 0 Å². The van der Waals surface area contributed by atoms with Crippen LogP contribution in [-0.2, 0) is 9.59 Å². The monoisotopic (exact) mass is 238 g/mol. The largest absolute Gasteiger partial charge is 0.333 e. The highest BCUT2D eigenvalue weighted by Crippen LogP contribution is 2.18. The van der Waals surface area contributed by atoms with E-state index in [1.54, 1.807) is 6.08 Å². The van der Waals surface area contributed by atoms with E-state index in [1.165, 1.54) is 14.1 Å². The van der Waals surface area contributed by atoms with Crippen molar-refractivity contribution >= 4 is 17.8 Å². The van der Waals surface area contributed by atoms with Crippen molar-refractivity contribution < 1.29 is 14.4 Å². The molecule has 17 heavy (non-hydrogen) atoms. The van der Waals surface area contributed by atoms with Gasteiger partial charge in [-0.3, -0.25) is 19.4 Å². The lowest BCUT2D eigenvalue weighted by Gasteiger charge is -2.29. The third kappa shape index (κ3) is 2.54. The zero-order chi connectivity index (χ0) is 13.2. The summed E-state index contributed by atoms with van der Waals surface area (Å²) >= 11 is 0. The molecule has 4 amide bonds. The maximum atomic E-state index is 11.8. The molecular weight excluding hydrogens is 220 g/mol. The van der Waals surface area contributed by atoms with Crippen molar-refractivity contribution in [2.75, 3.05) is 14.1 Å². The number of likely N-dealkylation sites (N-methyl/N-ethyl adjacent to an activating group) is 2. The predicted octanol–water partition coefficient (Wildman–Crippen LogP) is 1.40. The Morgan fingerprint density at radius 3 is 2.00 bits per heavy atom. The molecule has 94 valence electrons. The maximum Gasteiger partial charge on any atom is 0.333 e. The molecule has 0 bridgehead atoms. The molecule has 5 nitrogen and oxygen atoms in total. The molecule has 1 unspecified atom stereocenters. The zero-order valence-electron chi connectivity index (χ0n) is 10.7. The quantitative estimate of drug-likeness (QED) is 0.551. The molecule has 0 aromatic rings. The minimum atomic E-state index is -0.583. The number of amides is 4. The number of allylic oxidation sites excluding steroid dienone is 1. The minimum Gasteiger partial charge on any atom is -0.268 e. The summed E-state index contributed by atoms with van der Waals surface area (Å²) in [6.07, 6.45) is 3.55. The van der Waals surface area contributed by atoms with Gasteiger partial charge in [-0.2, -0.15) is 0 Å². The summed E-state index contributed by atoms with van der Waals surface area (Å²) in [6, 6.07) is -0.583. The summed E-state index contributed by atoms with van der Waals surface area (Å²) in [5, 5.41) is 0. The van der Waals surface area contributed by atoms with Crippen LogP contribution in [0.4, 0.5) is 4.79 Å². The van der Waals surface area contributed by atoms with Gasteiger partial charge in [-0.1, -0.05) is 26.3 Å². The number of hydrogen-bond acceptors (Lipinski definition) is 3. The van der Waals surface area contributed by atoms with Crippen LogP contribution in [0.15, 0.2) is 11.6 Å². The first-order valence-electron chi connectivity index (χ1n) is 5.72. The molecule has 0 saturated carbocycles. The highest BCUT2D eigenvalue weighted by Gasteiger charge is 2.37. The Bertz CT molecular complexity index is 361. The Hall–Kier alpha value is -1.65. The number of rotatable bonds is 3. The summed E-state index contributed by atoms with van der Waals surface area (Å²) in [6.45, 7) is 3.99. The number of imide groups is 2. The van der Waals surface area contributed by atoms with Gasteiger partial charge in [0.15, 0.2) is 0 Å². The van der Waals surface area contributed by atoms with E-state index in [1.807, 2.05) is 13.8 Å². The molecule has 1 atom stereocenters. The second kappa shape index (κ2) is 5.12. The van der Waals surface area contributed by atoms with Crippen LogP contribution in [0.25, 0.3) is 0 Å². The Morgan fingerprint density at radius 2 is 1.59 bits per heavy atom. The van der Waals surface area contributed by atoms with Crippen molar-refractivity contribution in [1.82, 2.24) is 9.80 Å². The van der Waals surface area contributed by atoms with Crippen molar-refractivity contribution in [2.45, 2.75) is 26.7 Å². The average Bonchev–Trinajstić information content (AvgIpc) is 2.30. The third-order valence-corrected chi connectivity index (χ3v) is 2.84. The van der Waals surface area contributed by atoms with Crippen LogP contribution >= 0.6 is 0 Å². The molecule has 0 aromatic heterocycles. The first kappa shape index (κ1) is 13.4. The Morgan fingerprint density at radius 1 is 1.12 bits per heavy atom. The van der Waals surface area contributed by atoms with Gasteiger partial charge in [-0.05, 0) is 12.3 Å². The Labute approximate surface area is 101 Å². The number of carbonyl (C=O) groups excluding carboxylic acids is 3. The van der Waals surface area contributed by atoms with Crippen molar-refractivity contribution in [1.29, 1.82) is 0 Å². The van der Waals surface area contributed by atoms with Gasteiger partial charge in [0, 0.05) is 14.1 Å². The highest BCUT2D eigenvalue weighted by atomic mass is 16.2. The van der Waals surface area contributed by atoms with E-state index in [4.69, 9.17) is 0 Å². The fourth-order valence-corrected chi connectivity index (χ4v) is 1.82. The lowest BCUT2D eigenvalue weighted by molar-refractivity contribution is -0.134. The highest BCUT2D eigenvalue weighted by molar-refractivity contribution is 6.28. The number of hydrogen-bond donors (Lipinski definition) is 0. The van der Waals surface area contributed by atoms with E-state index < -0.39 is 17.8 Å². The first-order chi connectivity index (χ1) is 7.90. The number of barbiturate groups is 1. The SMILES string of the molecule is CCCC(C)C=C1C(=O)N(C)C(=O)N(C)C1=O. The molecule has 1 aliphatic heterocycles. The van der Waals surface area contributed by atoms with E-state index in [9.17, 15) is 14.4 Å². The van der Waals surface area contributed by atoms with Crippen molar-refractivity contribution in [2.24, 2.45) is 5.92 Å². The van der Waals surface area contributed by atoms with Crippen LogP contribution in [0.3, 0.4) is 0 Å². The number of nitrogens with zero attached hydrogens (tertiary/aromatic N) is 2. The first-order valence-corrected chi connectivity index (χ1v) is 5.72. The number of urea groups is 1. The van der Waals surface area contributed by atoms with Crippen LogP contribution in [0, 0.1) is 5.92 Å². The number of carbonyl (C=O) groups is 3. The molecule has 0 aliphatic carbocycles. The normalized spacial score (nSPS) is 18.8. The Balaban J connectivity index is 3.02. The van der Waals surface area contributed by atoms with Crippen LogP contribution in [-0.4, -0.2) is 41.7 Å². The van der Waals surface area contributed by atoms with Gasteiger partial charge >= 0.3 is 6.03 Å². The van der Waals surface area contributed by atoms with Crippen molar-refractivity contribution in [3.05, 3.63) is 11.6 Å². The molecule has 0 N–H and O–H groups in total. The average molecular weight is 238 g/mol. The van der Waals surface area contributed by atoms with Crippen LogP contribution in [0.5, 0.6) is 0 Å². The van der Waals surface area contributed by atoms with E-state index in [2.05, 4.69) is 0 Å². The van der Waals surface area contributed by atoms with E-state index >= 15 is 0 Å². The van der Waals surface area contributed by atoms with Gasteiger partial charge in [-0.15, -0.1) is 0 Å². The lowest BCUT2D eigenvalue weighted by atomic mass is 10.0. The summed E-state index contributed by atoms with van der Waals surface area (Å²) in [4.78, 5) is 37.1. The molecule has 1 rings (SSSR count). The van der Waals surface area contributed by atoms with E-state index in [0.717, 1.165) is 22.6 Å². The van der Waals surface area contributed by atoms with Crippen LogP contribution < -0.4 is 0 Å². The minimum absolute atomic E-state index is 0.0931. The van der Waals surface area contributed by atoms with Crippen LogP contribution in [0.1, 0.15) is 26.7 Å². The summed E-state index contributed by atoms with van der Waals surface area (Å²) in [5.74, 6) is -0.875. The Kier molecular flexibility index (Phi) is 4.04. The molecule has 0 aromatic carbocycles.